The molecule has 5 nitrogen and oxygen atoms in total. The van der Waals surface area contributed by atoms with Crippen LogP contribution in [-0.4, -0.2) is 30.2 Å². The van der Waals surface area contributed by atoms with Gasteiger partial charge in [-0.2, -0.15) is 4.98 Å². The van der Waals surface area contributed by atoms with E-state index in [1.807, 2.05) is 0 Å². The van der Waals surface area contributed by atoms with E-state index in [9.17, 15) is 0 Å². The molecular weight excluding hydrogens is 284 g/mol. The van der Waals surface area contributed by atoms with Crippen molar-refractivity contribution in [1.29, 1.82) is 0 Å². The third-order valence-electron chi connectivity index (χ3n) is 3.19. The lowest BCUT2D eigenvalue weighted by Crippen LogP contribution is -2.18. The molecule has 0 bridgehead atoms. The lowest BCUT2D eigenvalue weighted by atomic mass is 10.0. The summed E-state index contributed by atoms with van der Waals surface area (Å²) in [6.07, 6.45) is 5.26. The van der Waals surface area contributed by atoms with E-state index in [4.69, 9.17) is 10.5 Å². The van der Waals surface area contributed by atoms with Crippen molar-refractivity contribution >= 4 is 27.7 Å². The molecular formula is C11H17BrN4O. The van der Waals surface area contributed by atoms with Crippen LogP contribution in [0.1, 0.15) is 19.3 Å². The van der Waals surface area contributed by atoms with Crippen LogP contribution in [0.25, 0.3) is 0 Å². The van der Waals surface area contributed by atoms with Crippen molar-refractivity contribution in [2.24, 2.45) is 5.41 Å². The van der Waals surface area contributed by atoms with E-state index in [1.165, 1.54) is 12.8 Å². The van der Waals surface area contributed by atoms with Gasteiger partial charge in [-0.05, 0) is 40.6 Å². The summed E-state index contributed by atoms with van der Waals surface area (Å²) in [6, 6.07) is 0. The second-order valence-electron chi connectivity index (χ2n) is 4.52. The molecule has 1 saturated carbocycles. The molecule has 1 fully saturated rings. The van der Waals surface area contributed by atoms with Crippen molar-refractivity contribution in [1.82, 2.24) is 9.97 Å². The number of nitrogens with zero attached hydrogens (tertiary/aromatic N) is 2. The third-order valence-corrected chi connectivity index (χ3v) is 3.77. The summed E-state index contributed by atoms with van der Waals surface area (Å²) >= 11 is 3.40. The van der Waals surface area contributed by atoms with Gasteiger partial charge in [0.2, 0.25) is 5.95 Å². The van der Waals surface area contributed by atoms with Crippen LogP contribution >= 0.6 is 15.9 Å². The molecule has 0 spiro atoms. The zero-order valence-electron chi connectivity index (χ0n) is 9.87. The molecule has 94 valence electrons. The molecule has 1 aromatic rings. The van der Waals surface area contributed by atoms with Crippen LogP contribution in [0.3, 0.4) is 0 Å². The first-order chi connectivity index (χ1) is 8.15. The van der Waals surface area contributed by atoms with Gasteiger partial charge in [0.1, 0.15) is 5.82 Å². The first kappa shape index (κ1) is 12.6. The molecule has 6 heteroatoms. The van der Waals surface area contributed by atoms with E-state index in [1.54, 1.807) is 13.3 Å². The van der Waals surface area contributed by atoms with Gasteiger partial charge in [-0.1, -0.05) is 0 Å². The Kier molecular flexibility index (Phi) is 3.83. The standard InChI is InChI=1S/C11H17BrN4O/c1-17-5-4-11(2-3-11)7-15-9-8(12)6-14-10(13)16-9/h6H,2-5,7H2,1H3,(H3,13,14,15,16). The van der Waals surface area contributed by atoms with E-state index in [0.29, 0.717) is 5.41 Å². The summed E-state index contributed by atoms with van der Waals surface area (Å²) in [5.74, 6) is 1.05. The summed E-state index contributed by atoms with van der Waals surface area (Å²) in [6.45, 7) is 1.72. The molecule has 2 rings (SSSR count). The molecule has 0 atom stereocenters. The number of aromatic nitrogens is 2. The van der Waals surface area contributed by atoms with E-state index >= 15 is 0 Å². The summed E-state index contributed by atoms with van der Waals surface area (Å²) in [5.41, 5.74) is 5.94. The predicted octanol–water partition coefficient (Wildman–Crippen LogP) is 2.05. The fourth-order valence-corrected chi connectivity index (χ4v) is 2.12. The van der Waals surface area contributed by atoms with Crippen LogP contribution in [-0.2, 0) is 4.74 Å². The zero-order valence-corrected chi connectivity index (χ0v) is 11.5. The summed E-state index contributed by atoms with van der Waals surface area (Å²) in [7, 11) is 1.74. The van der Waals surface area contributed by atoms with Gasteiger partial charge in [0.15, 0.2) is 0 Å². The lowest BCUT2D eigenvalue weighted by Gasteiger charge is -2.16. The van der Waals surface area contributed by atoms with Crippen LogP contribution in [0.5, 0.6) is 0 Å². The van der Waals surface area contributed by atoms with E-state index in [2.05, 4.69) is 31.2 Å². The fraction of sp³-hybridized carbons (Fsp3) is 0.636. The van der Waals surface area contributed by atoms with Crippen LogP contribution in [0.15, 0.2) is 10.7 Å². The van der Waals surface area contributed by atoms with Crippen molar-refractivity contribution in [2.45, 2.75) is 19.3 Å². The number of anilines is 2. The Hall–Kier alpha value is -0.880. The normalized spacial score (nSPS) is 16.8. The van der Waals surface area contributed by atoms with Crippen molar-refractivity contribution < 1.29 is 4.74 Å². The highest BCUT2D eigenvalue weighted by molar-refractivity contribution is 9.10. The number of halogens is 1. The SMILES string of the molecule is COCCC1(CNc2nc(N)ncc2Br)CC1. The Morgan fingerprint density at radius 3 is 3.00 bits per heavy atom. The predicted molar refractivity (Wildman–Crippen MR) is 70.8 cm³/mol. The maximum Gasteiger partial charge on any atom is 0.221 e. The maximum absolute atomic E-state index is 5.56. The summed E-state index contributed by atoms with van der Waals surface area (Å²) in [5, 5.41) is 3.33. The number of ether oxygens (including phenoxy) is 1. The summed E-state index contributed by atoms with van der Waals surface area (Å²) in [4.78, 5) is 8.07. The van der Waals surface area contributed by atoms with E-state index in [-0.39, 0.29) is 5.95 Å². The molecule has 0 unspecified atom stereocenters. The first-order valence-corrected chi connectivity index (χ1v) is 6.45. The van der Waals surface area contributed by atoms with Gasteiger partial charge in [-0.15, -0.1) is 0 Å². The first-order valence-electron chi connectivity index (χ1n) is 5.66. The van der Waals surface area contributed by atoms with Crippen LogP contribution < -0.4 is 11.1 Å². The van der Waals surface area contributed by atoms with Crippen molar-refractivity contribution in [3.8, 4) is 0 Å². The van der Waals surface area contributed by atoms with Gasteiger partial charge in [0, 0.05) is 26.5 Å². The lowest BCUT2D eigenvalue weighted by molar-refractivity contribution is 0.175. The molecule has 1 aliphatic carbocycles. The highest BCUT2D eigenvalue weighted by Gasteiger charge is 2.41. The molecule has 0 amide bonds. The average Bonchev–Trinajstić information content (AvgIpc) is 3.09. The van der Waals surface area contributed by atoms with Crippen molar-refractivity contribution in [2.75, 3.05) is 31.3 Å². The number of nitrogens with one attached hydrogen (secondary N) is 1. The van der Waals surface area contributed by atoms with Gasteiger partial charge in [0.05, 0.1) is 4.47 Å². The van der Waals surface area contributed by atoms with Crippen LogP contribution in [0.2, 0.25) is 0 Å². The number of rotatable bonds is 6. The number of nitrogen functional groups attached to an aromatic ring is 1. The highest BCUT2D eigenvalue weighted by Crippen LogP contribution is 2.48. The van der Waals surface area contributed by atoms with Crippen LogP contribution in [0.4, 0.5) is 11.8 Å². The molecule has 17 heavy (non-hydrogen) atoms. The van der Waals surface area contributed by atoms with E-state index in [0.717, 1.165) is 29.9 Å². The largest absolute Gasteiger partial charge is 0.385 e. The van der Waals surface area contributed by atoms with Gasteiger partial charge in [0.25, 0.3) is 0 Å². The minimum atomic E-state index is 0.289. The van der Waals surface area contributed by atoms with Gasteiger partial charge < -0.3 is 15.8 Å². The maximum atomic E-state index is 5.56. The Bertz CT molecular complexity index is 395. The minimum Gasteiger partial charge on any atom is -0.385 e. The Morgan fingerprint density at radius 2 is 2.35 bits per heavy atom. The molecule has 1 aliphatic rings. The second-order valence-corrected chi connectivity index (χ2v) is 5.38. The number of hydrogen-bond acceptors (Lipinski definition) is 5. The molecule has 1 aromatic heterocycles. The van der Waals surface area contributed by atoms with Gasteiger partial charge >= 0.3 is 0 Å². The topological polar surface area (TPSA) is 73.1 Å². The number of nitrogens with two attached hydrogens (primary N) is 1. The molecule has 0 saturated heterocycles. The fourth-order valence-electron chi connectivity index (χ4n) is 1.79. The van der Waals surface area contributed by atoms with Crippen LogP contribution in [0, 0.1) is 5.41 Å². The number of methoxy groups -OCH3 is 1. The highest BCUT2D eigenvalue weighted by atomic mass is 79.9. The van der Waals surface area contributed by atoms with Gasteiger partial charge in [-0.25, -0.2) is 4.98 Å². The molecule has 3 N–H and O–H groups in total. The summed E-state index contributed by atoms with van der Waals surface area (Å²) < 4.78 is 5.97. The zero-order chi connectivity index (χ0) is 12.3. The van der Waals surface area contributed by atoms with Crippen molar-refractivity contribution in [3.05, 3.63) is 10.7 Å². The molecule has 0 aromatic carbocycles. The molecule has 0 aliphatic heterocycles. The monoisotopic (exact) mass is 300 g/mol. The second kappa shape index (κ2) is 5.18. The number of hydrogen-bond donors (Lipinski definition) is 2. The van der Waals surface area contributed by atoms with Gasteiger partial charge in [-0.3, -0.25) is 0 Å². The Morgan fingerprint density at radius 1 is 1.59 bits per heavy atom. The smallest absolute Gasteiger partial charge is 0.221 e. The Labute approximate surface area is 109 Å². The average molecular weight is 301 g/mol. The quantitative estimate of drug-likeness (QED) is 0.841. The van der Waals surface area contributed by atoms with Crippen molar-refractivity contribution in [3.63, 3.8) is 0 Å². The third kappa shape index (κ3) is 3.29. The molecule has 0 radical (unpaired) electrons. The minimum absolute atomic E-state index is 0.289. The molecule has 1 heterocycles. The Balaban J connectivity index is 1.91. The van der Waals surface area contributed by atoms with E-state index < -0.39 is 0 Å².